The second kappa shape index (κ2) is 6.20. The fourth-order valence-corrected chi connectivity index (χ4v) is 2.61. The van der Waals surface area contributed by atoms with E-state index < -0.39 is 0 Å². The SMILES string of the molecule is Cc1ccc2cccc(NC(=O)CN3CCNCC3)c2n1. The Kier molecular flexibility index (Phi) is 4.13. The number of pyridine rings is 1. The Morgan fingerprint density at radius 1 is 1.29 bits per heavy atom. The Morgan fingerprint density at radius 2 is 2.10 bits per heavy atom. The van der Waals surface area contributed by atoms with E-state index in [1.54, 1.807) is 0 Å². The first-order chi connectivity index (χ1) is 10.2. The Labute approximate surface area is 124 Å². The van der Waals surface area contributed by atoms with E-state index >= 15 is 0 Å². The van der Waals surface area contributed by atoms with Gasteiger partial charge in [-0.2, -0.15) is 0 Å². The normalized spacial score (nSPS) is 16.0. The maximum atomic E-state index is 12.2. The highest BCUT2D eigenvalue weighted by atomic mass is 16.2. The molecule has 2 heterocycles. The second-order valence-corrected chi connectivity index (χ2v) is 5.40. The number of rotatable bonds is 3. The molecule has 5 nitrogen and oxygen atoms in total. The first kappa shape index (κ1) is 14.0. The van der Waals surface area contributed by atoms with Crippen LogP contribution in [0.4, 0.5) is 5.69 Å². The average Bonchev–Trinajstić information content (AvgIpc) is 2.49. The zero-order valence-electron chi connectivity index (χ0n) is 12.2. The largest absolute Gasteiger partial charge is 0.323 e. The van der Waals surface area contributed by atoms with E-state index in [0.29, 0.717) is 6.54 Å². The fraction of sp³-hybridized carbons (Fsp3) is 0.375. The highest BCUT2D eigenvalue weighted by molar-refractivity contribution is 6.01. The van der Waals surface area contributed by atoms with Crippen LogP contribution >= 0.6 is 0 Å². The number of nitrogens with zero attached hydrogens (tertiary/aromatic N) is 2. The number of nitrogens with one attached hydrogen (secondary N) is 2. The van der Waals surface area contributed by atoms with Crippen molar-refractivity contribution in [2.24, 2.45) is 0 Å². The molecule has 2 N–H and O–H groups in total. The van der Waals surface area contributed by atoms with Gasteiger partial charge in [-0.1, -0.05) is 18.2 Å². The molecule has 1 saturated heterocycles. The van der Waals surface area contributed by atoms with E-state index in [9.17, 15) is 4.79 Å². The minimum atomic E-state index is 0.0210. The van der Waals surface area contributed by atoms with Crippen molar-refractivity contribution in [2.45, 2.75) is 6.92 Å². The molecular formula is C16H20N4O. The third kappa shape index (κ3) is 3.37. The third-order valence-electron chi connectivity index (χ3n) is 3.71. The number of hydrogen-bond donors (Lipinski definition) is 2. The smallest absolute Gasteiger partial charge is 0.238 e. The summed E-state index contributed by atoms with van der Waals surface area (Å²) >= 11 is 0. The number of amides is 1. The summed E-state index contributed by atoms with van der Waals surface area (Å²) in [6, 6.07) is 9.87. The van der Waals surface area contributed by atoms with Crippen molar-refractivity contribution in [3.05, 3.63) is 36.0 Å². The van der Waals surface area contributed by atoms with Crippen LogP contribution in [0.25, 0.3) is 10.9 Å². The van der Waals surface area contributed by atoms with Gasteiger partial charge in [0.15, 0.2) is 0 Å². The average molecular weight is 284 g/mol. The van der Waals surface area contributed by atoms with E-state index in [0.717, 1.165) is 48.5 Å². The highest BCUT2D eigenvalue weighted by Gasteiger charge is 2.14. The summed E-state index contributed by atoms with van der Waals surface area (Å²) in [7, 11) is 0. The number of aromatic nitrogens is 1. The zero-order valence-corrected chi connectivity index (χ0v) is 12.2. The van der Waals surface area contributed by atoms with Crippen molar-refractivity contribution < 1.29 is 4.79 Å². The van der Waals surface area contributed by atoms with E-state index in [4.69, 9.17) is 0 Å². The predicted octanol–water partition coefficient (Wildman–Crippen LogP) is 1.39. The van der Waals surface area contributed by atoms with Gasteiger partial charge in [-0.05, 0) is 19.1 Å². The summed E-state index contributed by atoms with van der Waals surface area (Å²) in [6.45, 7) is 6.12. The van der Waals surface area contributed by atoms with Crippen LogP contribution in [-0.2, 0) is 4.79 Å². The van der Waals surface area contributed by atoms with Crippen LogP contribution < -0.4 is 10.6 Å². The van der Waals surface area contributed by atoms with Crippen LogP contribution in [-0.4, -0.2) is 48.5 Å². The van der Waals surface area contributed by atoms with E-state index in [1.165, 1.54) is 0 Å². The molecule has 21 heavy (non-hydrogen) atoms. The number of aryl methyl sites for hydroxylation is 1. The molecule has 0 spiro atoms. The Hall–Kier alpha value is -1.98. The first-order valence-corrected chi connectivity index (χ1v) is 7.32. The van der Waals surface area contributed by atoms with Gasteiger partial charge in [-0.3, -0.25) is 14.7 Å². The maximum absolute atomic E-state index is 12.2. The molecule has 1 aromatic carbocycles. The number of piperazine rings is 1. The van der Waals surface area contributed by atoms with E-state index in [1.807, 2.05) is 37.3 Å². The van der Waals surface area contributed by atoms with Gasteiger partial charge in [0.2, 0.25) is 5.91 Å². The molecule has 0 bridgehead atoms. The predicted molar refractivity (Wildman–Crippen MR) is 84.4 cm³/mol. The number of fused-ring (bicyclic) bond motifs is 1. The monoisotopic (exact) mass is 284 g/mol. The van der Waals surface area contributed by atoms with Gasteiger partial charge in [0.1, 0.15) is 0 Å². The van der Waals surface area contributed by atoms with Gasteiger partial charge in [0, 0.05) is 37.3 Å². The van der Waals surface area contributed by atoms with E-state index in [-0.39, 0.29) is 5.91 Å². The molecule has 0 atom stereocenters. The molecule has 0 saturated carbocycles. The minimum Gasteiger partial charge on any atom is -0.323 e. The summed E-state index contributed by atoms with van der Waals surface area (Å²) in [5.74, 6) is 0.0210. The Morgan fingerprint density at radius 3 is 2.90 bits per heavy atom. The van der Waals surface area contributed by atoms with Crippen LogP contribution in [0.1, 0.15) is 5.69 Å². The van der Waals surface area contributed by atoms with Crippen LogP contribution in [0.3, 0.4) is 0 Å². The van der Waals surface area contributed by atoms with E-state index in [2.05, 4.69) is 20.5 Å². The van der Waals surface area contributed by atoms with Gasteiger partial charge in [-0.25, -0.2) is 0 Å². The van der Waals surface area contributed by atoms with Gasteiger partial charge in [0.05, 0.1) is 17.7 Å². The molecule has 1 fully saturated rings. The molecule has 1 aliphatic rings. The van der Waals surface area contributed by atoms with Gasteiger partial charge in [0.25, 0.3) is 0 Å². The van der Waals surface area contributed by atoms with Crippen LogP contribution in [0, 0.1) is 6.92 Å². The fourth-order valence-electron chi connectivity index (χ4n) is 2.61. The lowest BCUT2D eigenvalue weighted by atomic mass is 10.1. The Balaban J connectivity index is 1.74. The van der Waals surface area contributed by atoms with Gasteiger partial charge >= 0.3 is 0 Å². The zero-order chi connectivity index (χ0) is 14.7. The van der Waals surface area contributed by atoms with Crippen LogP contribution in [0.5, 0.6) is 0 Å². The van der Waals surface area contributed by atoms with Gasteiger partial charge < -0.3 is 10.6 Å². The number of anilines is 1. The van der Waals surface area contributed by atoms with Crippen molar-refractivity contribution >= 4 is 22.5 Å². The molecule has 1 amide bonds. The number of hydrogen-bond acceptors (Lipinski definition) is 4. The lowest BCUT2D eigenvalue weighted by molar-refractivity contribution is -0.117. The van der Waals surface area contributed by atoms with Crippen molar-refractivity contribution in [2.75, 3.05) is 38.0 Å². The van der Waals surface area contributed by atoms with Crippen molar-refractivity contribution in [3.63, 3.8) is 0 Å². The highest BCUT2D eigenvalue weighted by Crippen LogP contribution is 2.21. The maximum Gasteiger partial charge on any atom is 0.238 e. The summed E-state index contributed by atoms with van der Waals surface area (Å²) in [4.78, 5) is 18.9. The number of carbonyl (C=O) groups is 1. The molecule has 0 radical (unpaired) electrons. The molecular weight excluding hydrogens is 264 g/mol. The Bertz CT molecular complexity index is 650. The van der Waals surface area contributed by atoms with Crippen molar-refractivity contribution in [1.82, 2.24) is 15.2 Å². The standard InChI is InChI=1S/C16H20N4O/c1-12-5-6-13-3-2-4-14(16(13)18-12)19-15(21)11-20-9-7-17-8-10-20/h2-6,17H,7-11H2,1H3,(H,19,21). The quantitative estimate of drug-likeness (QED) is 0.894. The number of carbonyl (C=O) groups excluding carboxylic acids is 1. The lowest BCUT2D eigenvalue weighted by Crippen LogP contribution is -2.46. The van der Waals surface area contributed by atoms with Crippen molar-refractivity contribution in [3.8, 4) is 0 Å². The van der Waals surface area contributed by atoms with Gasteiger partial charge in [-0.15, -0.1) is 0 Å². The number of para-hydroxylation sites is 1. The number of benzene rings is 1. The molecule has 0 aliphatic carbocycles. The summed E-state index contributed by atoms with van der Waals surface area (Å²) in [5.41, 5.74) is 2.59. The van der Waals surface area contributed by atoms with Crippen LogP contribution in [0.15, 0.2) is 30.3 Å². The van der Waals surface area contributed by atoms with Crippen molar-refractivity contribution in [1.29, 1.82) is 0 Å². The lowest BCUT2D eigenvalue weighted by Gasteiger charge is -2.26. The summed E-state index contributed by atoms with van der Waals surface area (Å²) in [5, 5.41) is 7.32. The van der Waals surface area contributed by atoms with Crippen LogP contribution in [0.2, 0.25) is 0 Å². The molecule has 0 unspecified atom stereocenters. The third-order valence-corrected chi connectivity index (χ3v) is 3.71. The molecule has 110 valence electrons. The molecule has 3 rings (SSSR count). The minimum absolute atomic E-state index is 0.0210. The molecule has 5 heteroatoms. The summed E-state index contributed by atoms with van der Waals surface area (Å²) in [6.07, 6.45) is 0. The second-order valence-electron chi connectivity index (χ2n) is 5.40. The molecule has 2 aromatic rings. The first-order valence-electron chi connectivity index (χ1n) is 7.32. The topological polar surface area (TPSA) is 57.3 Å². The molecule has 1 aromatic heterocycles. The molecule has 1 aliphatic heterocycles. The summed E-state index contributed by atoms with van der Waals surface area (Å²) < 4.78 is 0.